The molecular weight excluding hydrogens is 528 g/mol. The highest BCUT2D eigenvalue weighted by molar-refractivity contribution is 6.30. The van der Waals surface area contributed by atoms with E-state index in [1.165, 1.54) is 19.1 Å². The number of carbonyl (C=O) groups is 3. The molecule has 0 spiro atoms. The smallest absolute Gasteiger partial charge is 0.332 e. The summed E-state index contributed by atoms with van der Waals surface area (Å²) in [6.45, 7) is 0.839. The molecule has 3 N–H and O–H groups in total. The summed E-state index contributed by atoms with van der Waals surface area (Å²) in [5.74, 6) is -2.41. The van der Waals surface area contributed by atoms with Gasteiger partial charge in [0.1, 0.15) is 11.0 Å². The monoisotopic (exact) mass is 552 g/mol. The normalized spacial score (nSPS) is 12.5. The molecule has 11 nitrogen and oxygen atoms in total. The molecule has 39 heavy (non-hydrogen) atoms. The van der Waals surface area contributed by atoms with Crippen molar-refractivity contribution in [3.8, 4) is 11.1 Å². The van der Waals surface area contributed by atoms with Gasteiger partial charge in [-0.15, -0.1) is 5.10 Å². The highest BCUT2D eigenvalue weighted by Gasteiger charge is 2.23. The van der Waals surface area contributed by atoms with Gasteiger partial charge in [-0.2, -0.15) is 0 Å². The van der Waals surface area contributed by atoms with Gasteiger partial charge in [-0.1, -0.05) is 52.8 Å². The molecule has 3 aromatic carbocycles. The first-order valence-corrected chi connectivity index (χ1v) is 12.3. The SMILES string of the molecule is CC(=O)OCOn1nnc2ccc(C(=O)NC(Cc3ccc(-c4cccc(Cl)c4)cc3)CC(O)C(=O)O)cc21. The van der Waals surface area contributed by atoms with E-state index in [-0.39, 0.29) is 18.4 Å². The number of nitrogens with one attached hydrogen (secondary N) is 1. The Bertz CT molecular complexity index is 1490. The summed E-state index contributed by atoms with van der Waals surface area (Å²) < 4.78 is 4.74. The topological polar surface area (TPSA) is 153 Å². The Balaban J connectivity index is 1.50. The highest BCUT2D eigenvalue weighted by atomic mass is 35.5. The molecule has 0 aliphatic heterocycles. The predicted molar refractivity (Wildman–Crippen MR) is 141 cm³/mol. The van der Waals surface area contributed by atoms with Crippen molar-refractivity contribution >= 4 is 40.5 Å². The number of esters is 1. The third-order valence-corrected chi connectivity index (χ3v) is 6.07. The number of amides is 1. The van der Waals surface area contributed by atoms with E-state index in [9.17, 15) is 24.6 Å². The van der Waals surface area contributed by atoms with Crippen molar-refractivity contribution in [2.75, 3.05) is 6.79 Å². The number of carboxylic acid groups (broad SMARTS) is 1. The third-order valence-electron chi connectivity index (χ3n) is 5.84. The maximum absolute atomic E-state index is 13.1. The van der Waals surface area contributed by atoms with Gasteiger partial charge in [-0.25, -0.2) is 4.79 Å². The second-order valence-electron chi connectivity index (χ2n) is 8.72. The van der Waals surface area contributed by atoms with Crippen LogP contribution in [0.15, 0.2) is 66.7 Å². The van der Waals surface area contributed by atoms with Gasteiger partial charge in [0.15, 0.2) is 6.10 Å². The lowest BCUT2D eigenvalue weighted by Gasteiger charge is -2.21. The van der Waals surface area contributed by atoms with Crippen molar-refractivity contribution in [3.63, 3.8) is 0 Å². The van der Waals surface area contributed by atoms with Gasteiger partial charge in [0.2, 0.25) is 0 Å². The fourth-order valence-electron chi connectivity index (χ4n) is 3.91. The number of carbonyl (C=O) groups excluding carboxylic acids is 2. The summed E-state index contributed by atoms with van der Waals surface area (Å²) in [5.41, 5.74) is 3.75. The number of ether oxygens (including phenoxy) is 1. The number of benzene rings is 3. The average molecular weight is 553 g/mol. The first-order chi connectivity index (χ1) is 18.7. The minimum absolute atomic E-state index is 0.204. The van der Waals surface area contributed by atoms with E-state index in [0.717, 1.165) is 21.5 Å². The molecule has 0 saturated heterocycles. The summed E-state index contributed by atoms with van der Waals surface area (Å²) in [4.78, 5) is 41.7. The van der Waals surface area contributed by atoms with Crippen LogP contribution < -0.4 is 10.2 Å². The molecule has 0 aliphatic carbocycles. The lowest BCUT2D eigenvalue weighted by Crippen LogP contribution is -2.40. The van der Waals surface area contributed by atoms with Crippen LogP contribution in [0.1, 0.15) is 29.3 Å². The Labute approximate surface area is 227 Å². The molecule has 0 aliphatic rings. The molecule has 12 heteroatoms. The zero-order valence-electron chi connectivity index (χ0n) is 20.8. The van der Waals surface area contributed by atoms with Crippen molar-refractivity contribution < 1.29 is 34.2 Å². The van der Waals surface area contributed by atoms with Crippen LogP contribution in [0, 0.1) is 0 Å². The Kier molecular flexibility index (Phi) is 8.74. The molecule has 2 unspecified atom stereocenters. The van der Waals surface area contributed by atoms with Crippen LogP contribution in [0.5, 0.6) is 0 Å². The zero-order valence-corrected chi connectivity index (χ0v) is 21.5. The summed E-state index contributed by atoms with van der Waals surface area (Å²) in [5, 5.41) is 30.4. The summed E-state index contributed by atoms with van der Waals surface area (Å²) in [6.07, 6.45) is -1.59. The molecule has 0 bridgehead atoms. The third kappa shape index (κ3) is 7.30. The number of aromatic nitrogens is 3. The summed E-state index contributed by atoms with van der Waals surface area (Å²) in [6, 6.07) is 18.9. The number of nitrogens with zero attached hydrogens (tertiary/aromatic N) is 3. The van der Waals surface area contributed by atoms with Crippen molar-refractivity contribution in [1.29, 1.82) is 0 Å². The summed E-state index contributed by atoms with van der Waals surface area (Å²) in [7, 11) is 0. The van der Waals surface area contributed by atoms with E-state index in [1.54, 1.807) is 12.1 Å². The average Bonchev–Trinajstić information content (AvgIpc) is 3.31. The number of halogens is 1. The van der Waals surface area contributed by atoms with Crippen molar-refractivity contribution in [2.45, 2.75) is 31.9 Å². The van der Waals surface area contributed by atoms with Crippen molar-refractivity contribution in [1.82, 2.24) is 20.5 Å². The standard InChI is InChI=1S/C27H25ClN4O7/c1-16(33)38-15-39-32-24-13-20(9-10-23(24)30-31-32)26(35)29-22(14-25(34)27(36)37)11-17-5-7-18(8-6-17)19-3-2-4-21(28)12-19/h2-10,12-13,22,25,34H,11,14-15H2,1H3,(H,29,35)(H,36,37). The van der Waals surface area contributed by atoms with Crippen LogP contribution in [0.3, 0.4) is 0 Å². The van der Waals surface area contributed by atoms with Gasteiger partial charge in [0, 0.05) is 30.0 Å². The van der Waals surface area contributed by atoms with E-state index in [1.807, 2.05) is 42.5 Å². The first-order valence-electron chi connectivity index (χ1n) is 11.9. The number of aliphatic hydroxyl groups is 1. The molecule has 0 saturated carbocycles. The van der Waals surface area contributed by atoms with Gasteiger partial charge in [0.05, 0.1) is 0 Å². The Morgan fingerprint density at radius 3 is 2.51 bits per heavy atom. The zero-order chi connectivity index (χ0) is 27.9. The molecule has 202 valence electrons. The van der Waals surface area contributed by atoms with Gasteiger partial charge < -0.3 is 25.1 Å². The largest absolute Gasteiger partial charge is 0.479 e. The molecule has 0 fully saturated rings. The van der Waals surface area contributed by atoms with Crippen LogP contribution in [0.2, 0.25) is 5.02 Å². The molecule has 4 aromatic rings. The first kappa shape index (κ1) is 27.6. The van der Waals surface area contributed by atoms with E-state index >= 15 is 0 Å². The number of carboxylic acids is 1. The number of hydrogen-bond donors (Lipinski definition) is 3. The molecule has 2 atom stereocenters. The molecular formula is C27H25ClN4O7. The predicted octanol–water partition coefficient (Wildman–Crippen LogP) is 2.88. The van der Waals surface area contributed by atoms with Gasteiger partial charge >= 0.3 is 11.9 Å². The van der Waals surface area contributed by atoms with Crippen LogP contribution in [-0.2, 0) is 20.7 Å². The van der Waals surface area contributed by atoms with E-state index in [2.05, 4.69) is 15.6 Å². The van der Waals surface area contributed by atoms with E-state index < -0.39 is 36.8 Å². The van der Waals surface area contributed by atoms with Crippen LogP contribution in [0.4, 0.5) is 0 Å². The molecule has 1 heterocycles. The number of aliphatic hydroxyl groups excluding tert-OH is 1. The number of hydrogen-bond acceptors (Lipinski definition) is 8. The van der Waals surface area contributed by atoms with Crippen LogP contribution >= 0.6 is 11.6 Å². The fourth-order valence-corrected chi connectivity index (χ4v) is 4.10. The van der Waals surface area contributed by atoms with E-state index in [4.69, 9.17) is 21.2 Å². The van der Waals surface area contributed by atoms with Crippen LogP contribution in [-0.4, -0.2) is 62.2 Å². The number of rotatable bonds is 11. The molecule has 0 radical (unpaired) electrons. The maximum Gasteiger partial charge on any atom is 0.332 e. The minimum Gasteiger partial charge on any atom is -0.479 e. The minimum atomic E-state index is -1.66. The lowest BCUT2D eigenvalue weighted by atomic mass is 9.97. The van der Waals surface area contributed by atoms with E-state index in [0.29, 0.717) is 16.1 Å². The molecule has 1 amide bonds. The van der Waals surface area contributed by atoms with Crippen molar-refractivity contribution in [2.24, 2.45) is 0 Å². The number of aliphatic carboxylic acids is 1. The fraction of sp³-hybridized carbons (Fsp3) is 0.222. The Hall–Kier alpha value is -4.48. The van der Waals surface area contributed by atoms with Gasteiger partial charge in [-0.05, 0) is 58.7 Å². The molecule has 4 rings (SSSR count). The lowest BCUT2D eigenvalue weighted by molar-refractivity contribution is -0.154. The Morgan fingerprint density at radius 1 is 1.05 bits per heavy atom. The quantitative estimate of drug-likeness (QED) is 0.188. The maximum atomic E-state index is 13.1. The Morgan fingerprint density at radius 2 is 1.82 bits per heavy atom. The number of fused-ring (bicyclic) bond motifs is 1. The van der Waals surface area contributed by atoms with Gasteiger partial charge in [0.25, 0.3) is 12.7 Å². The molecule has 1 aromatic heterocycles. The van der Waals surface area contributed by atoms with Crippen LogP contribution in [0.25, 0.3) is 22.2 Å². The van der Waals surface area contributed by atoms with Crippen molar-refractivity contribution in [3.05, 3.63) is 82.9 Å². The second-order valence-corrected chi connectivity index (χ2v) is 9.16. The second kappa shape index (κ2) is 12.4. The summed E-state index contributed by atoms with van der Waals surface area (Å²) >= 11 is 6.09. The highest BCUT2D eigenvalue weighted by Crippen LogP contribution is 2.24. The van der Waals surface area contributed by atoms with Gasteiger partial charge in [-0.3, -0.25) is 9.59 Å².